The van der Waals surface area contributed by atoms with Crippen LogP contribution in [0, 0.1) is 0 Å². The van der Waals surface area contributed by atoms with E-state index in [4.69, 9.17) is 4.74 Å². The first-order valence-electron chi connectivity index (χ1n) is 11.0. The molecule has 0 spiro atoms. The molecule has 0 saturated carbocycles. The number of hydrogen-bond donors (Lipinski definition) is 1. The summed E-state index contributed by atoms with van der Waals surface area (Å²) in [5.41, 5.74) is 0.0674. The average Bonchev–Trinajstić information content (AvgIpc) is 2.69. The Kier molecular flexibility index (Phi) is 9.18. The smallest absolute Gasteiger partial charge is 0.216 e. The van der Waals surface area contributed by atoms with Crippen molar-refractivity contribution in [3.05, 3.63) is 0 Å². The lowest BCUT2D eigenvalue weighted by molar-refractivity contribution is 0.0904. The molecule has 0 bridgehead atoms. The maximum atomic E-state index is 12.5. The first-order chi connectivity index (χ1) is 13.7. The molecule has 2 heterocycles. The molecule has 0 aliphatic carbocycles. The molecule has 0 radical (unpaired) electrons. The third-order valence-electron chi connectivity index (χ3n) is 5.83. The summed E-state index contributed by atoms with van der Waals surface area (Å²) in [5, 5.41) is 3.52. The van der Waals surface area contributed by atoms with Crippen molar-refractivity contribution >= 4 is 16.0 Å². The van der Waals surface area contributed by atoms with Crippen LogP contribution in [0.1, 0.15) is 47.0 Å². The summed E-state index contributed by atoms with van der Waals surface area (Å²) >= 11 is 0. The molecule has 2 aliphatic rings. The number of aliphatic imine (C=N–C) groups is 1. The van der Waals surface area contributed by atoms with E-state index in [1.807, 2.05) is 13.8 Å². The van der Waals surface area contributed by atoms with E-state index in [1.165, 1.54) is 19.3 Å². The third kappa shape index (κ3) is 7.38. The SMILES string of the molecule is CN=C(NCC(C)(C)N1CCCCC1)N1CCN(S(=O)(=O)CCOC(C)C)CC1. The fourth-order valence-corrected chi connectivity index (χ4v) is 5.22. The van der Waals surface area contributed by atoms with Crippen molar-refractivity contribution in [3.63, 3.8) is 0 Å². The molecule has 0 aromatic heterocycles. The van der Waals surface area contributed by atoms with Gasteiger partial charge in [-0.15, -0.1) is 0 Å². The zero-order valence-corrected chi connectivity index (χ0v) is 19.8. The van der Waals surface area contributed by atoms with Gasteiger partial charge in [0.2, 0.25) is 10.0 Å². The van der Waals surface area contributed by atoms with Crippen LogP contribution in [0.5, 0.6) is 0 Å². The van der Waals surface area contributed by atoms with Crippen molar-refractivity contribution in [2.24, 2.45) is 4.99 Å². The van der Waals surface area contributed by atoms with Crippen LogP contribution in [0.4, 0.5) is 0 Å². The standard InChI is InChI=1S/C20H41N5O3S/c1-18(2)28-15-16-29(26,27)25-13-11-23(12-14-25)19(21-5)22-17-20(3,4)24-9-7-6-8-10-24/h18H,6-17H2,1-5H3,(H,21,22). The highest BCUT2D eigenvalue weighted by molar-refractivity contribution is 7.89. The van der Waals surface area contributed by atoms with Crippen LogP contribution in [0.25, 0.3) is 0 Å². The zero-order chi connectivity index (χ0) is 21.5. The maximum absolute atomic E-state index is 12.5. The highest BCUT2D eigenvalue weighted by Crippen LogP contribution is 2.20. The number of likely N-dealkylation sites (tertiary alicyclic amines) is 1. The van der Waals surface area contributed by atoms with Gasteiger partial charge in [0.15, 0.2) is 5.96 Å². The van der Waals surface area contributed by atoms with E-state index in [1.54, 1.807) is 11.4 Å². The van der Waals surface area contributed by atoms with E-state index in [0.29, 0.717) is 26.2 Å². The first kappa shape index (κ1) is 24.4. The summed E-state index contributed by atoms with van der Waals surface area (Å²) in [6.07, 6.45) is 3.93. The third-order valence-corrected chi connectivity index (χ3v) is 7.66. The Morgan fingerprint density at radius 2 is 1.69 bits per heavy atom. The van der Waals surface area contributed by atoms with Gasteiger partial charge in [-0.1, -0.05) is 6.42 Å². The number of nitrogens with one attached hydrogen (secondary N) is 1. The van der Waals surface area contributed by atoms with Crippen LogP contribution < -0.4 is 5.32 Å². The van der Waals surface area contributed by atoms with Gasteiger partial charge in [-0.2, -0.15) is 4.31 Å². The number of hydrogen-bond acceptors (Lipinski definition) is 5. The fraction of sp³-hybridized carbons (Fsp3) is 0.950. The van der Waals surface area contributed by atoms with Gasteiger partial charge < -0.3 is 15.0 Å². The molecule has 170 valence electrons. The quantitative estimate of drug-likeness (QED) is 0.460. The minimum atomic E-state index is -3.27. The van der Waals surface area contributed by atoms with Gasteiger partial charge in [-0.3, -0.25) is 9.89 Å². The maximum Gasteiger partial charge on any atom is 0.216 e. The molecular weight excluding hydrogens is 390 g/mol. The number of sulfonamides is 1. The number of nitrogens with zero attached hydrogens (tertiary/aromatic N) is 4. The van der Waals surface area contributed by atoms with Gasteiger partial charge in [0.1, 0.15) is 0 Å². The molecule has 0 unspecified atom stereocenters. The lowest BCUT2D eigenvalue weighted by Gasteiger charge is -2.42. The van der Waals surface area contributed by atoms with Gasteiger partial charge in [-0.25, -0.2) is 8.42 Å². The number of piperidine rings is 1. The second-order valence-corrected chi connectivity index (χ2v) is 11.0. The van der Waals surface area contributed by atoms with Gasteiger partial charge in [-0.05, 0) is 53.6 Å². The normalized spacial score (nSPS) is 21.0. The Hall–Kier alpha value is -0.900. The largest absolute Gasteiger partial charge is 0.378 e. The van der Waals surface area contributed by atoms with Crippen molar-refractivity contribution in [1.82, 2.24) is 19.4 Å². The van der Waals surface area contributed by atoms with E-state index in [9.17, 15) is 8.42 Å². The number of ether oxygens (including phenoxy) is 1. The van der Waals surface area contributed by atoms with Crippen molar-refractivity contribution in [2.75, 3.05) is 65.2 Å². The number of rotatable bonds is 8. The van der Waals surface area contributed by atoms with Crippen LogP contribution in [0.2, 0.25) is 0 Å². The van der Waals surface area contributed by atoms with Gasteiger partial charge in [0.25, 0.3) is 0 Å². The molecule has 2 saturated heterocycles. The monoisotopic (exact) mass is 431 g/mol. The highest BCUT2D eigenvalue weighted by Gasteiger charge is 2.31. The van der Waals surface area contributed by atoms with Crippen molar-refractivity contribution in [2.45, 2.75) is 58.6 Å². The Morgan fingerprint density at radius 3 is 2.24 bits per heavy atom. The van der Waals surface area contributed by atoms with Crippen molar-refractivity contribution in [1.29, 1.82) is 0 Å². The number of guanidine groups is 1. The second-order valence-electron chi connectivity index (χ2n) is 8.88. The molecule has 8 nitrogen and oxygen atoms in total. The van der Waals surface area contributed by atoms with E-state index in [-0.39, 0.29) is 24.0 Å². The van der Waals surface area contributed by atoms with E-state index < -0.39 is 10.0 Å². The molecule has 2 aliphatic heterocycles. The van der Waals surface area contributed by atoms with Gasteiger partial charge in [0.05, 0.1) is 18.5 Å². The second kappa shape index (κ2) is 10.9. The lowest BCUT2D eigenvalue weighted by atomic mass is 9.98. The Morgan fingerprint density at radius 1 is 1.07 bits per heavy atom. The molecule has 1 N–H and O–H groups in total. The molecule has 0 atom stereocenters. The van der Waals surface area contributed by atoms with Gasteiger partial charge in [0, 0.05) is 45.3 Å². The van der Waals surface area contributed by atoms with Gasteiger partial charge >= 0.3 is 0 Å². The van der Waals surface area contributed by atoms with Crippen LogP contribution >= 0.6 is 0 Å². The van der Waals surface area contributed by atoms with E-state index in [2.05, 4.69) is 34.0 Å². The van der Waals surface area contributed by atoms with Crippen LogP contribution in [-0.4, -0.2) is 105 Å². The van der Waals surface area contributed by atoms with Crippen molar-refractivity contribution in [3.8, 4) is 0 Å². The summed E-state index contributed by atoms with van der Waals surface area (Å²) in [7, 11) is -1.48. The van der Waals surface area contributed by atoms with Crippen LogP contribution in [-0.2, 0) is 14.8 Å². The fourth-order valence-electron chi connectivity index (χ4n) is 3.93. The molecule has 2 fully saturated rings. The Bertz CT molecular complexity index is 622. The van der Waals surface area contributed by atoms with E-state index in [0.717, 1.165) is 25.6 Å². The zero-order valence-electron chi connectivity index (χ0n) is 19.0. The minimum absolute atomic E-state index is 0.0438. The van der Waals surface area contributed by atoms with Crippen molar-refractivity contribution < 1.29 is 13.2 Å². The Labute approximate surface area is 177 Å². The lowest BCUT2D eigenvalue weighted by Crippen LogP contribution is -2.58. The molecular formula is C20H41N5O3S. The molecule has 9 heteroatoms. The predicted octanol–water partition coefficient (Wildman–Crippen LogP) is 1.20. The Balaban J connectivity index is 1.82. The predicted molar refractivity (Wildman–Crippen MR) is 119 cm³/mol. The molecule has 0 amide bonds. The highest BCUT2D eigenvalue weighted by atomic mass is 32.2. The van der Waals surface area contributed by atoms with Crippen LogP contribution in [0.3, 0.4) is 0 Å². The average molecular weight is 432 g/mol. The summed E-state index contributed by atoms with van der Waals surface area (Å²) in [6.45, 7) is 14.0. The summed E-state index contributed by atoms with van der Waals surface area (Å²) in [4.78, 5) is 9.15. The number of piperazine rings is 1. The minimum Gasteiger partial charge on any atom is -0.378 e. The molecule has 29 heavy (non-hydrogen) atoms. The molecule has 0 aromatic rings. The molecule has 0 aromatic carbocycles. The van der Waals surface area contributed by atoms with E-state index >= 15 is 0 Å². The first-order valence-corrected chi connectivity index (χ1v) is 12.6. The summed E-state index contributed by atoms with van der Waals surface area (Å²) < 4.78 is 32.0. The van der Waals surface area contributed by atoms with Crippen LogP contribution in [0.15, 0.2) is 4.99 Å². The summed E-state index contributed by atoms with van der Waals surface area (Å²) in [6, 6.07) is 0. The molecule has 2 rings (SSSR count). The topological polar surface area (TPSA) is 77.5 Å². The summed E-state index contributed by atoms with van der Waals surface area (Å²) in [5.74, 6) is 0.901.